The first kappa shape index (κ1) is 12.9. The molecule has 2 heteroatoms. The molecule has 0 aliphatic carbocycles. The van der Waals surface area contributed by atoms with Crippen molar-refractivity contribution in [2.75, 3.05) is 20.8 Å². The van der Waals surface area contributed by atoms with Gasteiger partial charge in [0.15, 0.2) is 0 Å². The summed E-state index contributed by atoms with van der Waals surface area (Å²) < 4.78 is 5.06. The number of hydrogen-bond acceptors (Lipinski definition) is 2. The van der Waals surface area contributed by atoms with E-state index in [0.29, 0.717) is 6.04 Å². The maximum atomic E-state index is 5.06. The summed E-state index contributed by atoms with van der Waals surface area (Å²) in [7, 11) is 3.81. The van der Waals surface area contributed by atoms with Crippen LogP contribution < -0.4 is 5.32 Å². The predicted octanol–water partition coefficient (Wildman–Crippen LogP) is 2.29. The highest BCUT2D eigenvalue weighted by atomic mass is 16.5. The van der Waals surface area contributed by atoms with Gasteiger partial charge < -0.3 is 10.1 Å². The summed E-state index contributed by atoms with van der Waals surface area (Å²) in [5.74, 6) is 1.51. The van der Waals surface area contributed by atoms with Crippen LogP contribution in [-0.4, -0.2) is 26.8 Å². The molecule has 0 fully saturated rings. The molecule has 1 N–H and O–H groups in total. The van der Waals surface area contributed by atoms with Crippen molar-refractivity contribution in [2.45, 2.75) is 39.7 Å². The standard InChI is InChI=1S/C11H25NO/c1-9(2)11(10(3)12-4)7-6-8-13-5/h9-12H,6-8H2,1-5H3. The highest BCUT2D eigenvalue weighted by Gasteiger charge is 2.18. The predicted molar refractivity (Wildman–Crippen MR) is 58.0 cm³/mol. The molecule has 0 aromatic rings. The summed E-state index contributed by atoms with van der Waals surface area (Å²) >= 11 is 0. The fourth-order valence-electron chi connectivity index (χ4n) is 1.84. The lowest BCUT2D eigenvalue weighted by Gasteiger charge is -2.27. The Labute approximate surface area is 83.1 Å². The van der Waals surface area contributed by atoms with Crippen molar-refractivity contribution >= 4 is 0 Å². The lowest BCUT2D eigenvalue weighted by atomic mass is 9.85. The zero-order valence-electron chi connectivity index (χ0n) is 9.76. The van der Waals surface area contributed by atoms with Gasteiger partial charge in [0, 0.05) is 19.8 Å². The molecule has 0 saturated carbocycles. The molecule has 0 heterocycles. The van der Waals surface area contributed by atoms with Crippen LogP contribution in [0.5, 0.6) is 0 Å². The maximum Gasteiger partial charge on any atom is 0.0462 e. The van der Waals surface area contributed by atoms with Crippen LogP contribution in [0.4, 0.5) is 0 Å². The Kier molecular flexibility index (Phi) is 7.29. The summed E-state index contributed by atoms with van der Waals surface area (Å²) in [5.41, 5.74) is 0. The van der Waals surface area contributed by atoms with E-state index in [1.165, 1.54) is 12.8 Å². The topological polar surface area (TPSA) is 21.3 Å². The largest absolute Gasteiger partial charge is 0.385 e. The minimum atomic E-state index is 0.608. The minimum Gasteiger partial charge on any atom is -0.385 e. The molecule has 0 aliphatic rings. The van der Waals surface area contributed by atoms with Crippen molar-refractivity contribution in [1.29, 1.82) is 0 Å². The van der Waals surface area contributed by atoms with Gasteiger partial charge in [0.2, 0.25) is 0 Å². The number of rotatable bonds is 7. The van der Waals surface area contributed by atoms with Gasteiger partial charge in [-0.15, -0.1) is 0 Å². The van der Waals surface area contributed by atoms with Gasteiger partial charge in [-0.05, 0) is 38.6 Å². The molecule has 2 nitrogen and oxygen atoms in total. The first-order chi connectivity index (χ1) is 6.13. The fourth-order valence-corrected chi connectivity index (χ4v) is 1.84. The quantitative estimate of drug-likeness (QED) is 0.617. The first-order valence-electron chi connectivity index (χ1n) is 5.29. The Morgan fingerprint density at radius 3 is 2.23 bits per heavy atom. The summed E-state index contributed by atoms with van der Waals surface area (Å²) in [4.78, 5) is 0. The van der Waals surface area contributed by atoms with Gasteiger partial charge in [0.05, 0.1) is 0 Å². The second kappa shape index (κ2) is 7.34. The SMILES string of the molecule is CNC(C)C(CCCOC)C(C)C. The molecule has 0 saturated heterocycles. The van der Waals surface area contributed by atoms with Crippen LogP contribution in [-0.2, 0) is 4.74 Å². The van der Waals surface area contributed by atoms with Gasteiger partial charge in [0.1, 0.15) is 0 Å². The maximum absolute atomic E-state index is 5.06. The van der Waals surface area contributed by atoms with Crippen molar-refractivity contribution in [3.05, 3.63) is 0 Å². The zero-order valence-corrected chi connectivity index (χ0v) is 9.76. The third kappa shape index (κ3) is 5.27. The Morgan fingerprint density at radius 1 is 1.23 bits per heavy atom. The molecular formula is C11H25NO. The van der Waals surface area contributed by atoms with Crippen molar-refractivity contribution in [3.63, 3.8) is 0 Å². The van der Waals surface area contributed by atoms with E-state index in [-0.39, 0.29) is 0 Å². The Hall–Kier alpha value is -0.0800. The van der Waals surface area contributed by atoms with Gasteiger partial charge >= 0.3 is 0 Å². The van der Waals surface area contributed by atoms with Crippen molar-refractivity contribution < 1.29 is 4.74 Å². The van der Waals surface area contributed by atoms with E-state index < -0.39 is 0 Å². The molecule has 0 amide bonds. The van der Waals surface area contributed by atoms with Gasteiger partial charge in [0.25, 0.3) is 0 Å². The van der Waals surface area contributed by atoms with Crippen molar-refractivity contribution in [3.8, 4) is 0 Å². The van der Waals surface area contributed by atoms with E-state index in [0.717, 1.165) is 18.4 Å². The first-order valence-corrected chi connectivity index (χ1v) is 5.29. The summed E-state index contributed by atoms with van der Waals surface area (Å²) in [6.07, 6.45) is 2.43. The summed E-state index contributed by atoms with van der Waals surface area (Å²) in [6.45, 7) is 7.74. The lowest BCUT2D eigenvalue weighted by Crippen LogP contribution is -2.33. The van der Waals surface area contributed by atoms with Gasteiger partial charge in [-0.25, -0.2) is 0 Å². The average molecular weight is 187 g/mol. The molecule has 0 aromatic carbocycles. The van der Waals surface area contributed by atoms with E-state index >= 15 is 0 Å². The van der Waals surface area contributed by atoms with Crippen LogP contribution in [0, 0.1) is 11.8 Å². The molecule has 80 valence electrons. The smallest absolute Gasteiger partial charge is 0.0462 e. The second-order valence-electron chi connectivity index (χ2n) is 4.12. The molecule has 0 radical (unpaired) electrons. The van der Waals surface area contributed by atoms with E-state index in [9.17, 15) is 0 Å². The van der Waals surface area contributed by atoms with Crippen LogP contribution in [0.1, 0.15) is 33.6 Å². The molecule has 0 bridgehead atoms. The summed E-state index contributed by atoms with van der Waals surface area (Å²) in [5, 5.41) is 3.33. The number of methoxy groups -OCH3 is 1. The van der Waals surface area contributed by atoms with Crippen molar-refractivity contribution in [2.24, 2.45) is 11.8 Å². The molecule has 0 aromatic heterocycles. The van der Waals surface area contributed by atoms with E-state index in [1.807, 2.05) is 7.05 Å². The van der Waals surface area contributed by atoms with Crippen molar-refractivity contribution in [1.82, 2.24) is 5.32 Å². The van der Waals surface area contributed by atoms with E-state index in [1.54, 1.807) is 7.11 Å². The van der Waals surface area contributed by atoms with Crippen LogP contribution in [0.2, 0.25) is 0 Å². The number of ether oxygens (including phenoxy) is 1. The van der Waals surface area contributed by atoms with Gasteiger partial charge in [-0.3, -0.25) is 0 Å². The Balaban J connectivity index is 3.80. The zero-order chi connectivity index (χ0) is 10.3. The van der Waals surface area contributed by atoms with Crippen LogP contribution in [0.25, 0.3) is 0 Å². The lowest BCUT2D eigenvalue weighted by molar-refractivity contribution is 0.174. The molecule has 0 spiro atoms. The van der Waals surface area contributed by atoms with Crippen LogP contribution in [0.3, 0.4) is 0 Å². The third-order valence-electron chi connectivity index (χ3n) is 2.84. The minimum absolute atomic E-state index is 0.608. The van der Waals surface area contributed by atoms with E-state index in [2.05, 4.69) is 26.1 Å². The van der Waals surface area contributed by atoms with Gasteiger partial charge in [-0.1, -0.05) is 13.8 Å². The second-order valence-corrected chi connectivity index (χ2v) is 4.12. The molecule has 0 rings (SSSR count). The molecule has 13 heavy (non-hydrogen) atoms. The average Bonchev–Trinajstić information content (AvgIpc) is 2.11. The number of nitrogens with one attached hydrogen (secondary N) is 1. The fraction of sp³-hybridized carbons (Fsp3) is 1.00. The normalized spacial score (nSPS) is 16.2. The summed E-state index contributed by atoms with van der Waals surface area (Å²) in [6, 6.07) is 0.608. The Morgan fingerprint density at radius 2 is 1.85 bits per heavy atom. The molecular weight excluding hydrogens is 162 g/mol. The third-order valence-corrected chi connectivity index (χ3v) is 2.84. The van der Waals surface area contributed by atoms with Gasteiger partial charge in [-0.2, -0.15) is 0 Å². The number of hydrogen-bond donors (Lipinski definition) is 1. The van der Waals surface area contributed by atoms with E-state index in [4.69, 9.17) is 4.74 Å². The van der Waals surface area contributed by atoms with Crippen LogP contribution >= 0.6 is 0 Å². The highest BCUT2D eigenvalue weighted by molar-refractivity contribution is 4.73. The molecule has 2 atom stereocenters. The van der Waals surface area contributed by atoms with Crippen LogP contribution in [0.15, 0.2) is 0 Å². The Bertz CT molecular complexity index is 115. The molecule has 2 unspecified atom stereocenters. The molecule has 0 aliphatic heterocycles. The highest BCUT2D eigenvalue weighted by Crippen LogP contribution is 2.20. The monoisotopic (exact) mass is 187 g/mol.